The van der Waals surface area contributed by atoms with E-state index in [1.807, 2.05) is 6.07 Å². The maximum Gasteiger partial charge on any atom is 0.270 e. The monoisotopic (exact) mass is 252 g/mol. The molecular weight excluding hydrogens is 240 g/mol. The molecule has 2 aromatic rings. The number of rotatable bonds is 3. The molecule has 0 unspecified atom stereocenters. The van der Waals surface area contributed by atoms with E-state index >= 15 is 0 Å². The van der Waals surface area contributed by atoms with Gasteiger partial charge in [0.1, 0.15) is 11.5 Å². The number of nitrogen functional groups attached to an aromatic ring is 1. The van der Waals surface area contributed by atoms with Crippen molar-refractivity contribution in [2.45, 2.75) is 6.54 Å². The molecule has 94 valence electrons. The van der Waals surface area contributed by atoms with Crippen LogP contribution in [0, 0.1) is 11.3 Å². The molecule has 19 heavy (non-hydrogen) atoms. The maximum atomic E-state index is 11.8. The number of anilines is 1. The van der Waals surface area contributed by atoms with E-state index in [0.717, 1.165) is 5.56 Å². The highest BCUT2D eigenvalue weighted by atomic mass is 16.1. The second-order valence-corrected chi connectivity index (χ2v) is 3.94. The lowest BCUT2D eigenvalue weighted by atomic mass is 10.1. The van der Waals surface area contributed by atoms with Gasteiger partial charge in [-0.3, -0.25) is 4.79 Å². The lowest BCUT2D eigenvalue weighted by molar-refractivity contribution is 0.0946. The van der Waals surface area contributed by atoms with E-state index < -0.39 is 0 Å². The Hall–Kier alpha value is -2.87. The molecule has 1 amide bonds. The average molecular weight is 252 g/mol. The topological polar surface area (TPSA) is 91.8 Å². The first-order valence-corrected chi connectivity index (χ1v) is 5.69. The summed E-state index contributed by atoms with van der Waals surface area (Å²) in [6, 6.07) is 14.0. The van der Waals surface area contributed by atoms with Gasteiger partial charge in [0.15, 0.2) is 0 Å². The first kappa shape index (κ1) is 12.6. The van der Waals surface area contributed by atoms with E-state index in [2.05, 4.69) is 10.3 Å². The number of nitrogens with one attached hydrogen (secondary N) is 1. The van der Waals surface area contributed by atoms with E-state index in [9.17, 15) is 4.79 Å². The van der Waals surface area contributed by atoms with Crippen LogP contribution in [0.4, 0.5) is 5.82 Å². The van der Waals surface area contributed by atoms with Crippen molar-refractivity contribution in [3.8, 4) is 6.07 Å². The first-order valence-electron chi connectivity index (χ1n) is 5.69. The number of nitrogens with zero attached hydrogens (tertiary/aromatic N) is 2. The average Bonchev–Trinajstić information content (AvgIpc) is 2.45. The Bertz CT molecular complexity index is 629. The number of hydrogen-bond acceptors (Lipinski definition) is 4. The van der Waals surface area contributed by atoms with Crippen molar-refractivity contribution in [1.82, 2.24) is 10.3 Å². The minimum absolute atomic E-state index is 0.281. The number of aromatic nitrogens is 1. The third-order valence-electron chi connectivity index (χ3n) is 2.54. The van der Waals surface area contributed by atoms with Crippen LogP contribution in [-0.4, -0.2) is 10.9 Å². The Morgan fingerprint density at radius 2 is 2.00 bits per heavy atom. The predicted molar refractivity (Wildman–Crippen MR) is 71.0 cm³/mol. The quantitative estimate of drug-likeness (QED) is 0.865. The van der Waals surface area contributed by atoms with E-state index in [1.54, 1.807) is 42.5 Å². The number of carbonyl (C=O) groups is 1. The molecule has 0 fully saturated rings. The highest BCUT2D eigenvalue weighted by molar-refractivity contribution is 5.92. The number of benzene rings is 1. The largest absolute Gasteiger partial charge is 0.384 e. The normalized spacial score (nSPS) is 9.63. The van der Waals surface area contributed by atoms with Crippen molar-refractivity contribution in [3.05, 3.63) is 59.3 Å². The SMILES string of the molecule is N#Cc1ccc(CNC(=O)c2cccc(N)n2)cc1. The summed E-state index contributed by atoms with van der Waals surface area (Å²) in [5.41, 5.74) is 7.30. The molecule has 0 saturated carbocycles. The van der Waals surface area contributed by atoms with Crippen LogP contribution in [0.3, 0.4) is 0 Å². The molecule has 0 aliphatic carbocycles. The third kappa shape index (κ3) is 3.30. The summed E-state index contributed by atoms with van der Waals surface area (Å²) in [5.74, 6) is 0.0303. The molecule has 5 heteroatoms. The van der Waals surface area contributed by atoms with Crippen LogP contribution in [0.25, 0.3) is 0 Å². The van der Waals surface area contributed by atoms with Crippen LogP contribution >= 0.6 is 0 Å². The Balaban J connectivity index is 1.98. The molecule has 0 bridgehead atoms. The van der Waals surface area contributed by atoms with Crippen molar-refractivity contribution >= 4 is 11.7 Å². The lowest BCUT2D eigenvalue weighted by Crippen LogP contribution is -2.24. The van der Waals surface area contributed by atoms with Gasteiger partial charge in [-0.1, -0.05) is 18.2 Å². The Morgan fingerprint density at radius 1 is 1.26 bits per heavy atom. The maximum absolute atomic E-state index is 11.8. The van der Waals surface area contributed by atoms with Gasteiger partial charge in [-0.15, -0.1) is 0 Å². The van der Waals surface area contributed by atoms with Gasteiger partial charge in [-0.25, -0.2) is 4.98 Å². The van der Waals surface area contributed by atoms with Crippen molar-refractivity contribution in [2.24, 2.45) is 0 Å². The van der Waals surface area contributed by atoms with Crippen molar-refractivity contribution in [2.75, 3.05) is 5.73 Å². The molecule has 3 N–H and O–H groups in total. The summed E-state index contributed by atoms with van der Waals surface area (Å²) in [4.78, 5) is 15.7. The van der Waals surface area contributed by atoms with Gasteiger partial charge in [-0.2, -0.15) is 5.26 Å². The molecule has 5 nitrogen and oxygen atoms in total. The molecule has 1 aromatic carbocycles. The number of nitrogens with two attached hydrogens (primary N) is 1. The second kappa shape index (κ2) is 5.65. The zero-order valence-electron chi connectivity index (χ0n) is 10.1. The number of nitriles is 1. The van der Waals surface area contributed by atoms with Gasteiger partial charge >= 0.3 is 0 Å². The Kier molecular flexibility index (Phi) is 3.74. The zero-order valence-corrected chi connectivity index (χ0v) is 10.1. The van der Waals surface area contributed by atoms with Crippen LogP contribution in [0.2, 0.25) is 0 Å². The summed E-state index contributed by atoms with van der Waals surface area (Å²) >= 11 is 0. The standard InChI is InChI=1S/C14H12N4O/c15-8-10-4-6-11(7-5-10)9-17-14(19)12-2-1-3-13(16)18-12/h1-7H,9H2,(H2,16,18)(H,17,19). The van der Waals surface area contributed by atoms with E-state index in [-0.39, 0.29) is 11.6 Å². The minimum atomic E-state index is -0.281. The third-order valence-corrected chi connectivity index (χ3v) is 2.54. The van der Waals surface area contributed by atoms with Crippen molar-refractivity contribution in [3.63, 3.8) is 0 Å². The van der Waals surface area contributed by atoms with E-state index in [0.29, 0.717) is 17.9 Å². The highest BCUT2D eigenvalue weighted by Crippen LogP contribution is 2.04. The predicted octanol–water partition coefficient (Wildman–Crippen LogP) is 1.47. The zero-order chi connectivity index (χ0) is 13.7. The van der Waals surface area contributed by atoms with Gasteiger partial charge < -0.3 is 11.1 Å². The first-order chi connectivity index (χ1) is 9.19. The summed E-state index contributed by atoms with van der Waals surface area (Å²) in [5, 5.41) is 11.4. The molecule has 0 saturated heterocycles. The van der Waals surface area contributed by atoms with Crippen LogP contribution in [-0.2, 0) is 6.54 Å². The fourth-order valence-electron chi connectivity index (χ4n) is 1.55. The molecule has 1 heterocycles. The van der Waals surface area contributed by atoms with Gasteiger partial charge in [0.25, 0.3) is 5.91 Å². The fourth-order valence-corrected chi connectivity index (χ4v) is 1.55. The second-order valence-electron chi connectivity index (χ2n) is 3.94. The molecule has 2 rings (SSSR count). The molecule has 0 aliphatic heterocycles. The fraction of sp³-hybridized carbons (Fsp3) is 0.0714. The highest BCUT2D eigenvalue weighted by Gasteiger charge is 2.06. The van der Waals surface area contributed by atoms with Crippen molar-refractivity contribution < 1.29 is 4.79 Å². The number of amides is 1. The molecular formula is C14H12N4O. The minimum Gasteiger partial charge on any atom is -0.384 e. The van der Waals surface area contributed by atoms with E-state index in [4.69, 9.17) is 11.0 Å². The Labute approximate surface area is 110 Å². The van der Waals surface area contributed by atoms with Gasteiger partial charge in [0.05, 0.1) is 11.6 Å². The molecule has 0 atom stereocenters. The Morgan fingerprint density at radius 3 is 2.63 bits per heavy atom. The molecule has 0 spiro atoms. The number of hydrogen-bond donors (Lipinski definition) is 2. The van der Waals surface area contributed by atoms with Crippen molar-refractivity contribution in [1.29, 1.82) is 5.26 Å². The molecule has 1 aromatic heterocycles. The summed E-state index contributed by atoms with van der Waals surface area (Å²) < 4.78 is 0. The van der Waals surface area contributed by atoms with Gasteiger partial charge in [0.2, 0.25) is 0 Å². The summed E-state index contributed by atoms with van der Waals surface area (Å²) in [6.45, 7) is 0.376. The number of pyridine rings is 1. The van der Waals surface area contributed by atoms with Crippen LogP contribution in [0.1, 0.15) is 21.6 Å². The summed E-state index contributed by atoms with van der Waals surface area (Å²) in [6.07, 6.45) is 0. The van der Waals surface area contributed by atoms with Crippen LogP contribution in [0.5, 0.6) is 0 Å². The molecule has 0 radical (unpaired) electrons. The van der Waals surface area contributed by atoms with Gasteiger partial charge in [0, 0.05) is 6.54 Å². The number of carbonyl (C=O) groups excluding carboxylic acids is 1. The van der Waals surface area contributed by atoms with Gasteiger partial charge in [-0.05, 0) is 29.8 Å². The van der Waals surface area contributed by atoms with Crippen LogP contribution in [0.15, 0.2) is 42.5 Å². The van der Waals surface area contributed by atoms with E-state index in [1.165, 1.54) is 0 Å². The summed E-state index contributed by atoms with van der Waals surface area (Å²) in [7, 11) is 0. The molecule has 0 aliphatic rings. The smallest absolute Gasteiger partial charge is 0.270 e. The lowest BCUT2D eigenvalue weighted by Gasteiger charge is -2.05. The van der Waals surface area contributed by atoms with Crippen LogP contribution < -0.4 is 11.1 Å².